The topological polar surface area (TPSA) is 68.0 Å². The van der Waals surface area contributed by atoms with Crippen LogP contribution in [-0.4, -0.2) is 10.9 Å². The van der Waals surface area contributed by atoms with E-state index in [-0.39, 0.29) is 18.3 Å². The van der Waals surface area contributed by atoms with E-state index in [0.29, 0.717) is 5.13 Å². The second-order valence-electron chi connectivity index (χ2n) is 5.76. The Hall–Kier alpha value is -0.950. The van der Waals surface area contributed by atoms with Crippen molar-refractivity contribution >= 4 is 50.7 Å². The van der Waals surface area contributed by atoms with Gasteiger partial charge in [-0.3, -0.25) is 4.79 Å². The van der Waals surface area contributed by atoms with Gasteiger partial charge in [-0.05, 0) is 50.3 Å². The van der Waals surface area contributed by atoms with E-state index in [2.05, 4.69) is 26.2 Å². The monoisotopic (exact) mass is 415 g/mol. The number of hydrogen-bond acceptors (Lipinski definition) is 4. The van der Waals surface area contributed by atoms with Crippen molar-refractivity contribution in [2.75, 3.05) is 5.32 Å². The van der Waals surface area contributed by atoms with Crippen LogP contribution < -0.4 is 11.1 Å². The van der Waals surface area contributed by atoms with Gasteiger partial charge >= 0.3 is 0 Å². The largest absolute Gasteiger partial charge is 0.314 e. The van der Waals surface area contributed by atoms with Gasteiger partial charge < -0.3 is 11.1 Å². The van der Waals surface area contributed by atoms with Crippen molar-refractivity contribution in [1.29, 1.82) is 0 Å². The quantitative estimate of drug-likeness (QED) is 0.794. The number of carbonyl (C=O) groups is 1. The molecule has 0 spiro atoms. The molecule has 1 amide bonds. The van der Waals surface area contributed by atoms with Gasteiger partial charge in [-0.25, -0.2) is 4.98 Å². The van der Waals surface area contributed by atoms with E-state index >= 15 is 0 Å². The summed E-state index contributed by atoms with van der Waals surface area (Å²) in [6.45, 7) is 1.72. The summed E-state index contributed by atoms with van der Waals surface area (Å²) in [7, 11) is 0. The number of thiazole rings is 1. The first-order valence-corrected chi connectivity index (χ1v) is 8.93. The lowest BCUT2D eigenvalue weighted by atomic mass is 9.92. The summed E-state index contributed by atoms with van der Waals surface area (Å²) >= 11 is 4.96. The third kappa shape index (κ3) is 3.94. The Balaban J connectivity index is 0.00000192. The van der Waals surface area contributed by atoms with Crippen molar-refractivity contribution in [3.05, 3.63) is 44.9 Å². The van der Waals surface area contributed by atoms with Crippen molar-refractivity contribution in [3.63, 3.8) is 0 Å². The molecule has 124 valence electrons. The van der Waals surface area contributed by atoms with Crippen molar-refractivity contribution in [3.8, 4) is 0 Å². The molecule has 0 saturated heterocycles. The van der Waals surface area contributed by atoms with Crippen LogP contribution in [0.15, 0.2) is 28.7 Å². The van der Waals surface area contributed by atoms with Crippen molar-refractivity contribution < 1.29 is 4.79 Å². The summed E-state index contributed by atoms with van der Waals surface area (Å²) in [5.74, 6) is -0.235. The van der Waals surface area contributed by atoms with Crippen molar-refractivity contribution in [2.45, 2.75) is 38.1 Å². The fourth-order valence-corrected chi connectivity index (χ4v) is 3.87. The van der Waals surface area contributed by atoms with Crippen LogP contribution in [0, 0.1) is 0 Å². The number of nitrogens with zero attached hydrogens (tertiary/aromatic N) is 1. The summed E-state index contributed by atoms with van der Waals surface area (Å²) in [5.41, 5.74) is 7.07. The van der Waals surface area contributed by atoms with Gasteiger partial charge in [-0.1, -0.05) is 28.1 Å². The molecule has 0 fully saturated rings. The first-order valence-electron chi connectivity index (χ1n) is 7.32. The fraction of sp³-hybridized carbons (Fsp3) is 0.375. The van der Waals surface area contributed by atoms with E-state index in [1.807, 2.05) is 24.3 Å². The second-order valence-corrected chi connectivity index (χ2v) is 7.76. The predicted molar refractivity (Wildman–Crippen MR) is 100 cm³/mol. The first kappa shape index (κ1) is 18.4. The number of nitrogens with two attached hydrogens (primary N) is 1. The number of halogens is 2. The highest BCUT2D eigenvalue weighted by molar-refractivity contribution is 9.10. The zero-order valence-corrected chi connectivity index (χ0v) is 16.0. The lowest BCUT2D eigenvalue weighted by Crippen LogP contribution is -2.45. The Kier molecular flexibility index (Phi) is 5.84. The van der Waals surface area contributed by atoms with Gasteiger partial charge in [0.05, 0.1) is 5.69 Å². The van der Waals surface area contributed by atoms with Crippen LogP contribution >= 0.6 is 39.7 Å². The molecular weight excluding hydrogens is 398 g/mol. The fourth-order valence-electron chi connectivity index (χ4n) is 2.56. The third-order valence-corrected chi connectivity index (χ3v) is 5.58. The zero-order chi connectivity index (χ0) is 15.7. The molecule has 0 aliphatic heterocycles. The smallest absolute Gasteiger partial charge is 0.250 e. The first-order chi connectivity index (χ1) is 10.5. The Morgan fingerprint density at radius 3 is 2.61 bits per heavy atom. The molecule has 4 nitrogen and oxygen atoms in total. The van der Waals surface area contributed by atoms with Crippen LogP contribution in [0.3, 0.4) is 0 Å². The number of aryl methyl sites for hydroxylation is 2. The second kappa shape index (κ2) is 7.30. The number of hydrogen-bond donors (Lipinski definition) is 2. The SMILES string of the molecule is CC(N)(C(=O)Nc1nc2c(s1)CCCC2)c1ccc(Br)cc1.Cl. The average molecular weight is 417 g/mol. The number of carbonyl (C=O) groups excluding carboxylic acids is 1. The predicted octanol–water partition coefficient (Wildman–Crippen LogP) is 4.02. The number of aromatic nitrogens is 1. The Labute approximate surface area is 154 Å². The highest BCUT2D eigenvalue weighted by atomic mass is 79.9. The van der Waals surface area contributed by atoms with E-state index in [9.17, 15) is 4.79 Å². The molecule has 23 heavy (non-hydrogen) atoms. The maximum absolute atomic E-state index is 12.6. The maximum atomic E-state index is 12.6. The molecular formula is C16H19BrClN3OS. The third-order valence-electron chi connectivity index (χ3n) is 3.98. The summed E-state index contributed by atoms with van der Waals surface area (Å²) in [4.78, 5) is 18.4. The number of anilines is 1. The van der Waals surface area contributed by atoms with Gasteiger partial charge in [-0.2, -0.15) is 0 Å². The summed E-state index contributed by atoms with van der Waals surface area (Å²) in [6.07, 6.45) is 4.46. The molecule has 0 bridgehead atoms. The molecule has 0 saturated carbocycles. The molecule has 2 aromatic rings. The van der Waals surface area contributed by atoms with Gasteiger partial charge in [0.15, 0.2) is 5.13 Å². The molecule has 3 N–H and O–H groups in total. The summed E-state index contributed by atoms with van der Waals surface area (Å²) in [6, 6.07) is 7.48. The van der Waals surface area contributed by atoms with E-state index in [4.69, 9.17) is 5.73 Å². The Morgan fingerprint density at radius 1 is 1.30 bits per heavy atom. The molecule has 7 heteroatoms. The molecule has 3 rings (SSSR count). The standard InChI is InChI=1S/C16H18BrN3OS.ClH/c1-16(18,10-6-8-11(17)9-7-10)14(21)20-15-19-12-4-2-3-5-13(12)22-15;/h6-9H,2-5,18H2,1H3,(H,19,20,21);1H. The lowest BCUT2D eigenvalue weighted by Gasteiger charge is -2.23. The molecule has 1 atom stereocenters. The van der Waals surface area contributed by atoms with Crippen LogP contribution in [0.4, 0.5) is 5.13 Å². The van der Waals surface area contributed by atoms with E-state index < -0.39 is 5.54 Å². The number of benzene rings is 1. The lowest BCUT2D eigenvalue weighted by molar-refractivity contribution is -0.120. The highest BCUT2D eigenvalue weighted by Crippen LogP contribution is 2.30. The van der Waals surface area contributed by atoms with Crippen molar-refractivity contribution in [1.82, 2.24) is 4.98 Å². The molecule has 1 heterocycles. The normalized spacial score (nSPS) is 16.0. The average Bonchev–Trinajstić information content (AvgIpc) is 2.89. The number of fused-ring (bicyclic) bond motifs is 1. The minimum absolute atomic E-state index is 0. The molecule has 1 aromatic carbocycles. The molecule has 1 aliphatic rings. The van der Waals surface area contributed by atoms with Crippen LogP contribution in [-0.2, 0) is 23.2 Å². The molecule has 1 unspecified atom stereocenters. The van der Waals surface area contributed by atoms with Crippen LogP contribution in [0.5, 0.6) is 0 Å². The van der Waals surface area contributed by atoms with E-state index in [0.717, 1.165) is 28.6 Å². The van der Waals surface area contributed by atoms with E-state index in [1.165, 1.54) is 17.7 Å². The van der Waals surface area contributed by atoms with Gasteiger partial charge in [0.2, 0.25) is 0 Å². The highest BCUT2D eigenvalue weighted by Gasteiger charge is 2.31. The van der Waals surface area contributed by atoms with Crippen LogP contribution in [0.25, 0.3) is 0 Å². The minimum atomic E-state index is -1.09. The maximum Gasteiger partial charge on any atom is 0.250 e. The van der Waals surface area contributed by atoms with Crippen molar-refractivity contribution in [2.24, 2.45) is 5.73 Å². The number of rotatable bonds is 3. The minimum Gasteiger partial charge on any atom is -0.314 e. The molecule has 1 aromatic heterocycles. The summed E-state index contributed by atoms with van der Waals surface area (Å²) in [5, 5.41) is 3.54. The van der Waals surface area contributed by atoms with Crippen LogP contribution in [0.2, 0.25) is 0 Å². The van der Waals surface area contributed by atoms with Crippen LogP contribution in [0.1, 0.15) is 35.9 Å². The zero-order valence-electron chi connectivity index (χ0n) is 12.8. The number of amides is 1. The Bertz CT molecular complexity index is 676. The van der Waals surface area contributed by atoms with Gasteiger partial charge in [0, 0.05) is 9.35 Å². The Morgan fingerprint density at radius 2 is 1.96 bits per heavy atom. The van der Waals surface area contributed by atoms with Gasteiger partial charge in [0.1, 0.15) is 5.54 Å². The number of nitrogens with one attached hydrogen (secondary N) is 1. The van der Waals surface area contributed by atoms with Gasteiger partial charge in [0.25, 0.3) is 5.91 Å². The molecule has 1 aliphatic carbocycles. The summed E-state index contributed by atoms with van der Waals surface area (Å²) < 4.78 is 0.958. The molecule has 0 radical (unpaired) electrons. The van der Waals surface area contributed by atoms with E-state index in [1.54, 1.807) is 18.3 Å². The van der Waals surface area contributed by atoms with Gasteiger partial charge in [-0.15, -0.1) is 23.7 Å².